The number of aromatic nitrogens is 2. The minimum atomic E-state index is -3.12. The maximum atomic E-state index is 11.6. The largest absolute Gasteiger partial charge is 0.307 e. The first-order valence-electron chi connectivity index (χ1n) is 5.41. The van der Waals surface area contributed by atoms with E-state index in [1.807, 2.05) is 20.8 Å². The van der Waals surface area contributed by atoms with Gasteiger partial charge in [-0.05, 0) is 7.05 Å². The molecule has 1 heterocycles. The molecule has 0 bridgehead atoms. The van der Waals surface area contributed by atoms with E-state index in [4.69, 9.17) is 0 Å². The predicted octanol–water partition coefficient (Wildman–Crippen LogP) is 0.866. The van der Waals surface area contributed by atoms with Crippen LogP contribution in [0.15, 0.2) is 12.4 Å². The topological polar surface area (TPSA) is 72.0 Å². The molecule has 5 nitrogen and oxygen atoms in total. The van der Waals surface area contributed by atoms with Gasteiger partial charge in [-0.2, -0.15) is 0 Å². The van der Waals surface area contributed by atoms with Crippen LogP contribution in [0.3, 0.4) is 0 Å². The van der Waals surface area contributed by atoms with E-state index in [-0.39, 0.29) is 17.0 Å². The third-order valence-corrected chi connectivity index (χ3v) is 3.63. The lowest BCUT2D eigenvalue weighted by Gasteiger charge is -2.16. The van der Waals surface area contributed by atoms with Crippen molar-refractivity contribution in [2.75, 3.05) is 12.9 Å². The van der Waals surface area contributed by atoms with Crippen LogP contribution in [-0.2, 0) is 21.0 Å². The van der Waals surface area contributed by atoms with Gasteiger partial charge in [0, 0.05) is 23.4 Å². The Morgan fingerprint density at radius 1 is 1.24 bits per heavy atom. The van der Waals surface area contributed by atoms with Crippen LogP contribution in [0.4, 0.5) is 0 Å². The van der Waals surface area contributed by atoms with Crippen molar-refractivity contribution >= 4 is 9.84 Å². The van der Waals surface area contributed by atoms with E-state index < -0.39 is 9.84 Å². The molecule has 0 aliphatic carbocycles. The molecule has 0 aromatic carbocycles. The molecule has 0 atom stereocenters. The summed E-state index contributed by atoms with van der Waals surface area (Å²) in [5.41, 5.74) is 0.496. The van der Waals surface area contributed by atoms with Gasteiger partial charge in [0.05, 0.1) is 11.6 Å². The summed E-state index contributed by atoms with van der Waals surface area (Å²) < 4.78 is 23.1. The summed E-state index contributed by atoms with van der Waals surface area (Å²) in [5, 5.41) is 2.64. The Morgan fingerprint density at radius 2 is 1.76 bits per heavy atom. The number of rotatable bonds is 4. The summed E-state index contributed by atoms with van der Waals surface area (Å²) in [6, 6.07) is 0. The van der Waals surface area contributed by atoms with Crippen molar-refractivity contribution < 1.29 is 8.42 Å². The molecule has 0 aliphatic rings. The summed E-state index contributed by atoms with van der Waals surface area (Å²) in [6.45, 7) is 6.04. The highest BCUT2D eigenvalue weighted by Crippen LogP contribution is 2.17. The van der Waals surface area contributed by atoms with Gasteiger partial charge in [0.1, 0.15) is 5.82 Å². The molecular formula is C11H19N3O2S. The fourth-order valence-corrected chi connectivity index (χ4v) is 2.54. The molecule has 0 saturated carbocycles. The van der Waals surface area contributed by atoms with Crippen molar-refractivity contribution in [3.8, 4) is 0 Å². The first kappa shape index (κ1) is 14.1. The Morgan fingerprint density at radius 3 is 2.18 bits per heavy atom. The average Bonchev–Trinajstić information content (AvgIpc) is 2.16. The monoisotopic (exact) mass is 257 g/mol. The number of sulfone groups is 1. The molecule has 1 aromatic heterocycles. The molecule has 1 aromatic rings. The van der Waals surface area contributed by atoms with Crippen molar-refractivity contribution in [2.45, 2.75) is 31.9 Å². The number of hydrogen-bond acceptors (Lipinski definition) is 5. The summed E-state index contributed by atoms with van der Waals surface area (Å²) >= 11 is 0. The number of nitrogens with zero attached hydrogens (tertiary/aromatic N) is 2. The smallest absolute Gasteiger partial charge is 0.167 e. The normalized spacial score (nSPS) is 12.7. The third-order valence-electron chi connectivity index (χ3n) is 2.13. The molecule has 96 valence electrons. The SMILES string of the molecule is CNCS(=O)(=O)Cc1cnc(C(C)(C)C)nc1. The molecule has 0 fully saturated rings. The molecule has 0 unspecified atom stereocenters. The van der Waals surface area contributed by atoms with Crippen molar-refractivity contribution in [3.63, 3.8) is 0 Å². The van der Waals surface area contributed by atoms with Crippen LogP contribution in [0.25, 0.3) is 0 Å². The molecule has 1 N–H and O–H groups in total. The molecule has 1 rings (SSSR count). The van der Waals surface area contributed by atoms with E-state index in [0.29, 0.717) is 11.4 Å². The van der Waals surface area contributed by atoms with E-state index in [0.717, 1.165) is 0 Å². The third kappa shape index (κ3) is 4.40. The number of nitrogens with one attached hydrogen (secondary N) is 1. The van der Waals surface area contributed by atoms with E-state index in [1.165, 1.54) is 0 Å². The van der Waals surface area contributed by atoms with Gasteiger partial charge in [-0.3, -0.25) is 0 Å². The van der Waals surface area contributed by atoms with Crippen molar-refractivity contribution in [2.24, 2.45) is 0 Å². The van der Waals surface area contributed by atoms with E-state index in [9.17, 15) is 8.42 Å². The standard InChI is InChI=1S/C11H19N3O2S/c1-11(2,3)10-13-5-9(6-14-10)7-17(15,16)8-12-4/h5-6,12H,7-8H2,1-4H3. The van der Waals surface area contributed by atoms with E-state index in [1.54, 1.807) is 19.4 Å². The average molecular weight is 257 g/mol. The fourth-order valence-electron chi connectivity index (χ4n) is 1.34. The van der Waals surface area contributed by atoms with Crippen LogP contribution >= 0.6 is 0 Å². The zero-order chi connectivity index (χ0) is 13.1. The maximum Gasteiger partial charge on any atom is 0.167 e. The summed E-state index contributed by atoms with van der Waals surface area (Å²) in [5.74, 6) is 0.652. The lowest BCUT2D eigenvalue weighted by Crippen LogP contribution is -2.21. The zero-order valence-corrected chi connectivity index (χ0v) is 11.5. The van der Waals surface area contributed by atoms with Crippen LogP contribution in [0.2, 0.25) is 0 Å². The fraction of sp³-hybridized carbons (Fsp3) is 0.636. The molecule has 0 amide bonds. The zero-order valence-electron chi connectivity index (χ0n) is 10.7. The molecule has 0 aliphatic heterocycles. The van der Waals surface area contributed by atoms with E-state index >= 15 is 0 Å². The van der Waals surface area contributed by atoms with Gasteiger partial charge >= 0.3 is 0 Å². The minimum absolute atomic E-state index is 0.0295. The Kier molecular flexibility index (Phi) is 4.21. The van der Waals surface area contributed by atoms with Gasteiger partial charge < -0.3 is 5.32 Å². The Labute approximate surface area is 103 Å². The lowest BCUT2D eigenvalue weighted by molar-refractivity contribution is 0.544. The van der Waals surface area contributed by atoms with Gasteiger partial charge in [0.2, 0.25) is 0 Å². The van der Waals surface area contributed by atoms with Crippen LogP contribution in [0.1, 0.15) is 32.2 Å². The van der Waals surface area contributed by atoms with Crippen molar-refractivity contribution in [1.82, 2.24) is 15.3 Å². The summed E-state index contributed by atoms with van der Waals surface area (Å²) in [4.78, 5) is 8.40. The van der Waals surface area contributed by atoms with Gasteiger partial charge in [0.15, 0.2) is 9.84 Å². The highest BCUT2D eigenvalue weighted by atomic mass is 32.2. The van der Waals surface area contributed by atoms with Gasteiger partial charge in [-0.1, -0.05) is 20.8 Å². The van der Waals surface area contributed by atoms with Crippen molar-refractivity contribution in [3.05, 3.63) is 23.8 Å². The quantitative estimate of drug-likeness (QED) is 0.866. The van der Waals surface area contributed by atoms with Crippen LogP contribution in [0, 0.1) is 0 Å². The van der Waals surface area contributed by atoms with Gasteiger partial charge in [0.25, 0.3) is 0 Å². The molecular weight excluding hydrogens is 238 g/mol. The summed E-state index contributed by atoms with van der Waals surface area (Å²) in [7, 11) is -1.52. The van der Waals surface area contributed by atoms with Gasteiger partial charge in [-0.15, -0.1) is 0 Å². The first-order chi connectivity index (χ1) is 7.74. The molecule has 0 spiro atoms. The summed E-state index contributed by atoms with van der Waals surface area (Å²) in [6.07, 6.45) is 3.17. The highest BCUT2D eigenvalue weighted by Gasteiger charge is 2.17. The maximum absolute atomic E-state index is 11.6. The van der Waals surface area contributed by atoms with Crippen LogP contribution < -0.4 is 5.32 Å². The van der Waals surface area contributed by atoms with E-state index in [2.05, 4.69) is 15.3 Å². The Balaban J connectivity index is 2.83. The second kappa shape index (κ2) is 5.10. The lowest BCUT2D eigenvalue weighted by atomic mass is 9.96. The Hall–Kier alpha value is -1.01. The predicted molar refractivity (Wildman–Crippen MR) is 67.3 cm³/mol. The van der Waals surface area contributed by atoms with Crippen LogP contribution in [0.5, 0.6) is 0 Å². The second-order valence-electron chi connectivity index (χ2n) is 5.05. The van der Waals surface area contributed by atoms with Gasteiger partial charge in [-0.25, -0.2) is 18.4 Å². The second-order valence-corrected chi connectivity index (χ2v) is 7.12. The van der Waals surface area contributed by atoms with Crippen molar-refractivity contribution in [1.29, 1.82) is 0 Å². The number of hydrogen-bond donors (Lipinski definition) is 1. The molecule has 17 heavy (non-hydrogen) atoms. The molecule has 0 saturated heterocycles. The highest BCUT2D eigenvalue weighted by molar-refractivity contribution is 7.90. The minimum Gasteiger partial charge on any atom is -0.307 e. The first-order valence-corrected chi connectivity index (χ1v) is 7.23. The molecule has 0 radical (unpaired) electrons. The molecule has 6 heteroatoms. The Bertz CT molecular complexity index is 460. The van der Waals surface area contributed by atoms with Crippen LogP contribution in [-0.4, -0.2) is 31.3 Å².